The minimum Gasteiger partial charge on any atom is -0.341 e. The molecular weight excluding hydrogens is 245 g/mol. The minimum atomic E-state index is -0.590. The van der Waals surface area contributed by atoms with Crippen molar-refractivity contribution in [3.63, 3.8) is 0 Å². The third-order valence-corrected chi connectivity index (χ3v) is 2.75. The van der Waals surface area contributed by atoms with Gasteiger partial charge in [0.2, 0.25) is 5.95 Å². The zero-order chi connectivity index (χ0) is 13.7. The van der Waals surface area contributed by atoms with Crippen molar-refractivity contribution in [2.45, 2.75) is 6.42 Å². The maximum atomic E-state index is 12.7. The summed E-state index contributed by atoms with van der Waals surface area (Å²) in [6.07, 6.45) is 3.65. The van der Waals surface area contributed by atoms with Gasteiger partial charge < -0.3 is 4.90 Å². The quantitative estimate of drug-likeness (QED) is 0.788. The van der Waals surface area contributed by atoms with Gasteiger partial charge in [-0.1, -0.05) is 6.07 Å². The van der Waals surface area contributed by atoms with Gasteiger partial charge in [-0.25, -0.2) is 4.98 Å². The van der Waals surface area contributed by atoms with Crippen LogP contribution < -0.4 is 0 Å². The molecule has 0 fully saturated rings. The Kier molecular flexibility index (Phi) is 4.18. The molecule has 0 aliphatic carbocycles. The average Bonchev–Trinajstić information content (AvgIpc) is 2.46. The second-order valence-electron chi connectivity index (χ2n) is 4.17. The second kappa shape index (κ2) is 6.04. The Hall–Kier alpha value is -2.30. The van der Waals surface area contributed by atoms with E-state index >= 15 is 0 Å². The lowest BCUT2D eigenvalue weighted by atomic mass is 10.2. The van der Waals surface area contributed by atoms with Crippen molar-refractivity contribution >= 4 is 5.91 Å². The van der Waals surface area contributed by atoms with Crippen LogP contribution in [0.1, 0.15) is 16.1 Å². The maximum Gasteiger partial charge on any atom is 0.255 e. The highest BCUT2D eigenvalue weighted by Crippen LogP contribution is 2.04. The van der Waals surface area contributed by atoms with Crippen LogP contribution in [0.15, 0.2) is 42.7 Å². The molecule has 98 valence electrons. The lowest BCUT2D eigenvalue weighted by Gasteiger charge is -2.16. The van der Waals surface area contributed by atoms with E-state index in [-0.39, 0.29) is 5.91 Å². The molecule has 1 amide bonds. The zero-order valence-corrected chi connectivity index (χ0v) is 10.6. The predicted octanol–water partition coefficient (Wildman–Crippen LogP) is 1.93. The minimum absolute atomic E-state index is 0.177. The summed E-state index contributed by atoms with van der Waals surface area (Å²) in [7, 11) is 1.70. The van der Waals surface area contributed by atoms with E-state index in [4.69, 9.17) is 0 Å². The summed E-state index contributed by atoms with van der Waals surface area (Å²) in [6, 6.07) is 8.29. The standard InChI is InChI=1S/C14H14FN3O/c1-18(9-7-12-4-2-3-8-16-12)14(19)11-5-6-13(15)17-10-11/h2-6,8,10H,7,9H2,1H3. The number of carbonyl (C=O) groups is 1. The van der Waals surface area contributed by atoms with Crippen LogP contribution in [0.4, 0.5) is 4.39 Å². The van der Waals surface area contributed by atoms with Crippen molar-refractivity contribution in [3.8, 4) is 0 Å². The molecule has 2 rings (SSSR count). The highest BCUT2D eigenvalue weighted by Gasteiger charge is 2.12. The first kappa shape index (κ1) is 13.1. The van der Waals surface area contributed by atoms with Crippen molar-refractivity contribution in [1.82, 2.24) is 14.9 Å². The first-order valence-corrected chi connectivity index (χ1v) is 5.94. The monoisotopic (exact) mass is 259 g/mol. The van der Waals surface area contributed by atoms with Crippen molar-refractivity contribution in [2.24, 2.45) is 0 Å². The fraction of sp³-hybridized carbons (Fsp3) is 0.214. The molecule has 2 heterocycles. The second-order valence-corrected chi connectivity index (χ2v) is 4.17. The van der Waals surface area contributed by atoms with Crippen LogP contribution in [0.2, 0.25) is 0 Å². The first-order valence-electron chi connectivity index (χ1n) is 5.94. The molecule has 5 heteroatoms. The number of likely N-dealkylation sites (N-methyl/N-ethyl adjacent to an activating group) is 1. The van der Waals surface area contributed by atoms with Gasteiger partial charge in [0.1, 0.15) is 0 Å². The molecule has 2 aromatic rings. The summed E-state index contributed by atoms with van der Waals surface area (Å²) < 4.78 is 12.7. The Morgan fingerprint density at radius 1 is 1.26 bits per heavy atom. The van der Waals surface area contributed by atoms with E-state index in [1.54, 1.807) is 18.1 Å². The summed E-state index contributed by atoms with van der Waals surface area (Å²) in [5, 5.41) is 0. The fourth-order valence-electron chi connectivity index (χ4n) is 1.65. The van der Waals surface area contributed by atoms with E-state index in [1.165, 1.54) is 18.3 Å². The van der Waals surface area contributed by atoms with Gasteiger partial charge in [0.15, 0.2) is 0 Å². The van der Waals surface area contributed by atoms with E-state index in [0.29, 0.717) is 18.5 Å². The highest BCUT2D eigenvalue weighted by molar-refractivity contribution is 5.93. The fourth-order valence-corrected chi connectivity index (χ4v) is 1.65. The molecule has 0 N–H and O–H groups in total. The molecule has 0 spiro atoms. The molecule has 0 aliphatic rings. The summed E-state index contributed by atoms with van der Waals surface area (Å²) in [5.41, 5.74) is 1.31. The highest BCUT2D eigenvalue weighted by atomic mass is 19.1. The predicted molar refractivity (Wildman–Crippen MR) is 69.1 cm³/mol. The molecule has 0 saturated heterocycles. The number of hydrogen-bond acceptors (Lipinski definition) is 3. The van der Waals surface area contributed by atoms with Crippen molar-refractivity contribution in [2.75, 3.05) is 13.6 Å². The smallest absolute Gasteiger partial charge is 0.255 e. The summed E-state index contributed by atoms with van der Waals surface area (Å²) >= 11 is 0. The number of nitrogens with zero attached hydrogens (tertiary/aromatic N) is 3. The molecule has 19 heavy (non-hydrogen) atoms. The van der Waals surface area contributed by atoms with Gasteiger partial charge in [-0.05, 0) is 24.3 Å². The lowest BCUT2D eigenvalue weighted by Crippen LogP contribution is -2.29. The van der Waals surface area contributed by atoms with Crippen LogP contribution in [0.5, 0.6) is 0 Å². The number of pyridine rings is 2. The van der Waals surface area contributed by atoms with Gasteiger partial charge >= 0.3 is 0 Å². The number of carbonyl (C=O) groups excluding carboxylic acids is 1. The number of hydrogen-bond donors (Lipinski definition) is 0. The van der Waals surface area contributed by atoms with Crippen molar-refractivity contribution in [3.05, 3.63) is 59.9 Å². The van der Waals surface area contributed by atoms with E-state index in [1.807, 2.05) is 18.2 Å². The van der Waals surface area contributed by atoms with Crippen LogP contribution in [-0.2, 0) is 6.42 Å². The van der Waals surface area contributed by atoms with Crippen molar-refractivity contribution in [1.29, 1.82) is 0 Å². The zero-order valence-electron chi connectivity index (χ0n) is 10.6. The van der Waals surface area contributed by atoms with Gasteiger partial charge in [-0.2, -0.15) is 4.39 Å². The molecule has 0 aliphatic heterocycles. The van der Waals surface area contributed by atoms with E-state index in [0.717, 1.165) is 5.69 Å². The Balaban J connectivity index is 1.94. The summed E-state index contributed by atoms with van der Waals surface area (Å²) in [6.45, 7) is 0.549. The molecule has 2 aromatic heterocycles. The average molecular weight is 259 g/mol. The van der Waals surface area contributed by atoms with Crippen LogP contribution in [-0.4, -0.2) is 34.4 Å². The number of halogens is 1. The van der Waals surface area contributed by atoms with E-state index in [9.17, 15) is 9.18 Å². The van der Waals surface area contributed by atoms with Crippen LogP contribution in [0.25, 0.3) is 0 Å². The van der Waals surface area contributed by atoms with Crippen LogP contribution in [0.3, 0.4) is 0 Å². The Morgan fingerprint density at radius 3 is 2.74 bits per heavy atom. The first-order chi connectivity index (χ1) is 9.16. The van der Waals surface area contributed by atoms with E-state index < -0.39 is 5.95 Å². The molecule has 4 nitrogen and oxygen atoms in total. The molecule has 0 bridgehead atoms. The van der Waals surface area contributed by atoms with Gasteiger partial charge in [-0.3, -0.25) is 9.78 Å². The summed E-state index contributed by atoms with van der Waals surface area (Å²) in [4.78, 5) is 21.3. The number of aromatic nitrogens is 2. The molecule has 0 atom stereocenters. The Labute approximate surface area is 110 Å². The Morgan fingerprint density at radius 2 is 2.11 bits per heavy atom. The number of rotatable bonds is 4. The topological polar surface area (TPSA) is 46.1 Å². The maximum absolute atomic E-state index is 12.7. The summed E-state index contributed by atoms with van der Waals surface area (Å²) in [5.74, 6) is -0.767. The van der Waals surface area contributed by atoms with Crippen LogP contribution in [0, 0.1) is 5.95 Å². The Bertz CT molecular complexity index is 542. The van der Waals surface area contributed by atoms with Gasteiger partial charge in [0.25, 0.3) is 5.91 Å². The largest absolute Gasteiger partial charge is 0.341 e. The van der Waals surface area contributed by atoms with Crippen LogP contribution >= 0.6 is 0 Å². The molecule has 0 unspecified atom stereocenters. The van der Waals surface area contributed by atoms with Crippen molar-refractivity contribution < 1.29 is 9.18 Å². The number of amides is 1. The third kappa shape index (κ3) is 3.58. The van der Waals surface area contributed by atoms with Gasteiger partial charge in [-0.15, -0.1) is 0 Å². The SMILES string of the molecule is CN(CCc1ccccn1)C(=O)c1ccc(F)nc1. The van der Waals surface area contributed by atoms with Gasteiger partial charge in [0, 0.05) is 38.1 Å². The normalized spacial score (nSPS) is 10.2. The lowest BCUT2D eigenvalue weighted by molar-refractivity contribution is 0.0796. The molecule has 0 aromatic carbocycles. The molecule has 0 radical (unpaired) electrons. The van der Waals surface area contributed by atoms with Gasteiger partial charge in [0.05, 0.1) is 5.56 Å². The van der Waals surface area contributed by atoms with E-state index in [2.05, 4.69) is 9.97 Å². The molecule has 0 saturated carbocycles. The third-order valence-electron chi connectivity index (χ3n) is 2.75. The molecular formula is C14H14FN3O.